The van der Waals surface area contributed by atoms with Crippen LogP contribution in [0.2, 0.25) is 0 Å². The van der Waals surface area contributed by atoms with Crippen LogP contribution in [0.4, 0.5) is 4.79 Å². The molecule has 0 atom stereocenters. The Morgan fingerprint density at radius 2 is 2.50 bits per heavy atom. The van der Waals surface area contributed by atoms with Crippen LogP contribution in [0.25, 0.3) is 0 Å². The van der Waals surface area contributed by atoms with Gasteiger partial charge in [-0.3, -0.25) is 0 Å². The number of thiazole rings is 1. The molecule has 0 radical (unpaired) electrons. The zero-order valence-electron chi connectivity index (χ0n) is 7.56. The van der Waals surface area contributed by atoms with Crippen LogP contribution in [0.5, 0.6) is 0 Å². The number of hydrogen-bond donors (Lipinski definition) is 2. The van der Waals surface area contributed by atoms with Crippen molar-refractivity contribution in [3.05, 3.63) is 15.6 Å². The molecule has 0 aromatic carbocycles. The molecule has 0 fully saturated rings. The van der Waals surface area contributed by atoms with Crippen molar-refractivity contribution in [2.75, 3.05) is 6.54 Å². The van der Waals surface area contributed by atoms with Gasteiger partial charge in [0.25, 0.3) is 0 Å². The lowest BCUT2D eigenvalue weighted by molar-refractivity contribution is 0.140. The summed E-state index contributed by atoms with van der Waals surface area (Å²) < 4.78 is 0. The first-order chi connectivity index (χ1) is 6.70. The highest BCUT2D eigenvalue weighted by molar-refractivity contribution is 7.11. The molecule has 1 aliphatic rings. The lowest BCUT2D eigenvalue weighted by Gasteiger charge is -2.22. The Kier molecular flexibility index (Phi) is 2.39. The summed E-state index contributed by atoms with van der Waals surface area (Å²) in [6.07, 6.45) is -0.156. The van der Waals surface area contributed by atoms with Crippen molar-refractivity contribution >= 4 is 17.4 Å². The highest BCUT2D eigenvalue weighted by Gasteiger charge is 2.22. The van der Waals surface area contributed by atoms with E-state index in [0.717, 1.165) is 15.6 Å². The van der Waals surface area contributed by atoms with Gasteiger partial charge in [-0.15, -0.1) is 11.3 Å². The first-order valence-corrected chi connectivity index (χ1v) is 5.17. The highest BCUT2D eigenvalue weighted by Crippen LogP contribution is 2.24. The molecule has 1 aliphatic heterocycles. The molecule has 1 amide bonds. The second-order valence-corrected chi connectivity index (χ2v) is 4.30. The number of carbonyl (C=O) groups is 1. The van der Waals surface area contributed by atoms with E-state index in [1.807, 2.05) is 0 Å². The smallest absolute Gasteiger partial charge is 0.407 e. The molecular weight excluding hydrogens is 202 g/mol. The summed E-state index contributed by atoms with van der Waals surface area (Å²) in [6, 6.07) is 0. The van der Waals surface area contributed by atoms with E-state index in [-0.39, 0.29) is 0 Å². The molecule has 0 unspecified atom stereocenters. The zero-order valence-corrected chi connectivity index (χ0v) is 8.38. The average molecular weight is 213 g/mol. The summed E-state index contributed by atoms with van der Waals surface area (Å²) >= 11 is 1.52. The van der Waals surface area contributed by atoms with Crippen molar-refractivity contribution in [1.82, 2.24) is 9.88 Å². The minimum atomic E-state index is -0.863. The monoisotopic (exact) mass is 213 g/mol. The van der Waals surface area contributed by atoms with E-state index in [0.29, 0.717) is 26.1 Å². The van der Waals surface area contributed by atoms with Crippen molar-refractivity contribution in [3.8, 4) is 0 Å². The number of fused-ring (bicyclic) bond motifs is 1. The number of carboxylic acid groups (broad SMARTS) is 1. The van der Waals surface area contributed by atoms with E-state index in [1.54, 1.807) is 0 Å². The van der Waals surface area contributed by atoms with Crippen LogP contribution in [-0.2, 0) is 19.5 Å². The van der Waals surface area contributed by atoms with Gasteiger partial charge in [0.1, 0.15) is 5.01 Å². The molecule has 0 bridgehead atoms. The molecular formula is C8H11N3O2S. The van der Waals surface area contributed by atoms with Gasteiger partial charge >= 0.3 is 6.09 Å². The Bertz CT molecular complexity index is 363. The van der Waals surface area contributed by atoms with E-state index in [2.05, 4.69) is 4.98 Å². The topological polar surface area (TPSA) is 79.5 Å². The van der Waals surface area contributed by atoms with Crippen LogP contribution >= 0.6 is 11.3 Å². The van der Waals surface area contributed by atoms with Gasteiger partial charge in [-0.25, -0.2) is 9.78 Å². The molecule has 0 aliphatic carbocycles. The fourth-order valence-electron chi connectivity index (χ4n) is 1.50. The summed E-state index contributed by atoms with van der Waals surface area (Å²) in [4.78, 5) is 17.5. The first-order valence-electron chi connectivity index (χ1n) is 4.36. The number of rotatable bonds is 1. The molecule has 3 N–H and O–H groups in total. The molecule has 0 saturated carbocycles. The summed E-state index contributed by atoms with van der Waals surface area (Å²) in [6.45, 7) is 1.43. The Morgan fingerprint density at radius 3 is 3.14 bits per heavy atom. The van der Waals surface area contributed by atoms with E-state index in [4.69, 9.17) is 10.8 Å². The Hall–Kier alpha value is -1.14. The van der Waals surface area contributed by atoms with Crippen LogP contribution in [0.3, 0.4) is 0 Å². The molecule has 1 aromatic rings. The molecule has 0 spiro atoms. The van der Waals surface area contributed by atoms with Crippen molar-refractivity contribution in [1.29, 1.82) is 0 Å². The van der Waals surface area contributed by atoms with Gasteiger partial charge in [-0.2, -0.15) is 0 Å². The van der Waals surface area contributed by atoms with E-state index in [9.17, 15) is 4.79 Å². The molecule has 0 saturated heterocycles. The van der Waals surface area contributed by atoms with Crippen LogP contribution < -0.4 is 5.73 Å². The third-order valence-corrected chi connectivity index (χ3v) is 3.33. The Balaban J connectivity index is 2.21. The van der Waals surface area contributed by atoms with Gasteiger partial charge in [-0.05, 0) is 0 Å². The molecule has 76 valence electrons. The van der Waals surface area contributed by atoms with Crippen LogP contribution in [-0.4, -0.2) is 27.6 Å². The lowest BCUT2D eigenvalue weighted by atomic mass is 10.2. The van der Waals surface area contributed by atoms with Gasteiger partial charge in [0.2, 0.25) is 0 Å². The fraction of sp³-hybridized carbons (Fsp3) is 0.500. The second kappa shape index (κ2) is 3.55. The maximum atomic E-state index is 10.7. The largest absolute Gasteiger partial charge is 0.465 e. The predicted molar refractivity (Wildman–Crippen MR) is 52.1 cm³/mol. The van der Waals surface area contributed by atoms with Crippen LogP contribution in [0.1, 0.15) is 15.6 Å². The normalized spacial score (nSPS) is 15.4. The summed E-state index contributed by atoms with van der Waals surface area (Å²) in [5.41, 5.74) is 6.50. The Labute approximate surface area is 85.2 Å². The van der Waals surface area contributed by atoms with Crippen molar-refractivity contribution in [2.24, 2.45) is 5.73 Å². The molecule has 1 aromatic heterocycles. The highest BCUT2D eigenvalue weighted by atomic mass is 32.1. The minimum Gasteiger partial charge on any atom is -0.465 e. The minimum absolute atomic E-state index is 0.435. The number of amides is 1. The molecule has 14 heavy (non-hydrogen) atoms. The molecule has 6 heteroatoms. The SMILES string of the molecule is NCc1nc2c(s1)CN(C(=O)O)CC2. The van der Waals surface area contributed by atoms with Gasteiger partial charge in [0.15, 0.2) is 0 Å². The van der Waals surface area contributed by atoms with Gasteiger partial charge in [0.05, 0.1) is 12.2 Å². The number of aromatic nitrogens is 1. The zero-order chi connectivity index (χ0) is 10.1. The van der Waals surface area contributed by atoms with E-state index in [1.165, 1.54) is 16.2 Å². The molecule has 2 rings (SSSR count). The lowest BCUT2D eigenvalue weighted by Crippen LogP contribution is -2.34. The van der Waals surface area contributed by atoms with Crippen molar-refractivity contribution in [3.63, 3.8) is 0 Å². The Morgan fingerprint density at radius 1 is 1.71 bits per heavy atom. The van der Waals surface area contributed by atoms with Crippen LogP contribution in [0, 0.1) is 0 Å². The van der Waals surface area contributed by atoms with Crippen molar-refractivity contribution in [2.45, 2.75) is 19.5 Å². The quantitative estimate of drug-likeness (QED) is 0.717. The number of nitrogens with zero attached hydrogens (tertiary/aromatic N) is 2. The van der Waals surface area contributed by atoms with E-state index < -0.39 is 6.09 Å². The third-order valence-electron chi connectivity index (χ3n) is 2.22. The van der Waals surface area contributed by atoms with Gasteiger partial charge in [0, 0.05) is 24.4 Å². The van der Waals surface area contributed by atoms with Crippen molar-refractivity contribution < 1.29 is 9.90 Å². The number of hydrogen-bond acceptors (Lipinski definition) is 4. The second-order valence-electron chi connectivity index (χ2n) is 3.14. The number of nitrogens with two attached hydrogens (primary N) is 1. The standard InChI is InChI=1S/C8H11N3O2S/c9-3-7-10-5-1-2-11(8(12)13)4-6(5)14-7/h1-4,9H2,(H,12,13). The maximum Gasteiger partial charge on any atom is 0.407 e. The summed E-state index contributed by atoms with van der Waals surface area (Å²) in [5.74, 6) is 0. The third kappa shape index (κ3) is 1.58. The summed E-state index contributed by atoms with van der Waals surface area (Å²) in [7, 11) is 0. The van der Waals surface area contributed by atoms with Gasteiger partial charge in [-0.1, -0.05) is 0 Å². The van der Waals surface area contributed by atoms with Crippen LogP contribution in [0.15, 0.2) is 0 Å². The summed E-state index contributed by atoms with van der Waals surface area (Å²) in [5, 5.41) is 9.70. The predicted octanol–water partition coefficient (Wildman–Crippen LogP) is 0.638. The first kappa shape index (κ1) is 9.42. The maximum absolute atomic E-state index is 10.7. The van der Waals surface area contributed by atoms with E-state index >= 15 is 0 Å². The fourth-order valence-corrected chi connectivity index (χ4v) is 2.51. The molecule has 2 heterocycles. The van der Waals surface area contributed by atoms with Gasteiger partial charge < -0.3 is 15.7 Å². The molecule has 5 nitrogen and oxygen atoms in total. The average Bonchev–Trinajstić information content (AvgIpc) is 2.58.